The van der Waals surface area contributed by atoms with E-state index >= 15 is 0 Å². The molecule has 0 saturated carbocycles. The number of likely N-dealkylation sites (tertiary alicyclic amines) is 1. The van der Waals surface area contributed by atoms with Crippen LogP contribution in [-0.2, 0) is 4.74 Å². The number of piperidine rings is 1. The Kier molecular flexibility index (Phi) is 6.42. The highest BCUT2D eigenvalue weighted by molar-refractivity contribution is 5.89. The van der Waals surface area contributed by atoms with E-state index in [1.807, 2.05) is 0 Å². The minimum absolute atomic E-state index is 0.247. The van der Waals surface area contributed by atoms with Gasteiger partial charge in [-0.15, -0.1) is 0 Å². The number of aliphatic hydroxyl groups excluding tert-OH is 1. The standard InChI is InChI=1S/C18H27NO4/c1-13-8-14(2)10-19(9-13)11-16(20)12-23-17-6-4-15(5-7-17)18(21)22-3/h4-7,13-14,16,20H,8-12H2,1-3H3/t13-,14-,16+/m0/s1. The minimum Gasteiger partial charge on any atom is -0.491 e. The van der Waals surface area contributed by atoms with E-state index < -0.39 is 6.10 Å². The van der Waals surface area contributed by atoms with Gasteiger partial charge in [0.1, 0.15) is 18.5 Å². The summed E-state index contributed by atoms with van der Waals surface area (Å²) < 4.78 is 10.3. The first-order chi connectivity index (χ1) is 11.0. The van der Waals surface area contributed by atoms with Gasteiger partial charge >= 0.3 is 5.97 Å². The molecule has 0 spiro atoms. The number of ether oxygens (including phenoxy) is 2. The van der Waals surface area contributed by atoms with Crippen LogP contribution in [0.25, 0.3) is 0 Å². The number of hydrogen-bond acceptors (Lipinski definition) is 5. The Morgan fingerprint density at radius 3 is 2.43 bits per heavy atom. The average molecular weight is 321 g/mol. The highest BCUT2D eigenvalue weighted by Crippen LogP contribution is 2.21. The van der Waals surface area contributed by atoms with Gasteiger partial charge in [-0.2, -0.15) is 0 Å². The van der Waals surface area contributed by atoms with Crippen molar-refractivity contribution in [1.82, 2.24) is 4.90 Å². The van der Waals surface area contributed by atoms with Gasteiger partial charge in [0, 0.05) is 19.6 Å². The number of β-amino-alcohol motifs (C(OH)–C–C–N with tert-alkyl or cyclic N) is 1. The SMILES string of the molecule is COC(=O)c1ccc(OC[C@H](O)CN2C[C@@H](C)C[C@H](C)C2)cc1. The van der Waals surface area contributed by atoms with Crippen molar-refractivity contribution in [3.8, 4) is 5.75 Å². The molecule has 5 heteroatoms. The van der Waals surface area contributed by atoms with Crippen molar-refractivity contribution in [2.24, 2.45) is 11.8 Å². The molecular weight excluding hydrogens is 294 g/mol. The molecule has 2 rings (SSSR count). The molecule has 5 nitrogen and oxygen atoms in total. The first-order valence-electron chi connectivity index (χ1n) is 8.19. The van der Waals surface area contributed by atoms with Gasteiger partial charge < -0.3 is 19.5 Å². The monoisotopic (exact) mass is 321 g/mol. The van der Waals surface area contributed by atoms with Crippen LogP contribution in [0.1, 0.15) is 30.6 Å². The van der Waals surface area contributed by atoms with Crippen molar-refractivity contribution in [2.75, 3.05) is 33.4 Å². The van der Waals surface area contributed by atoms with Crippen LogP contribution in [0.15, 0.2) is 24.3 Å². The lowest BCUT2D eigenvalue weighted by molar-refractivity contribution is 0.0428. The summed E-state index contributed by atoms with van der Waals surface area (Å²) >= 11 is 0. The molecule has 1 N–H and O–H groups in total. The third-order valence-electron chi connectivity index (χ3n) is 4.13. The molecule has 0 bridgehead atoms. The van der Waals surface area contributed by atoms with E-state index in [9.17, 15) is 9.90 Å². The van der Waals surface area contributed by atoms with Crippen LogP contribution in [0.4, 0.5) is 0 Å². The molecule has 0 radical (unpaired) electrons. The maximum atomic E-state index is 11.4. The molecule has 3 atom stereocenters. The van der Waals surface area contributed by atoms with Gasteiger partial charge in [0.25, 0.3) is 0 Å². The Morgan fingerprint density at radius 1 is 1.26 bits per heavy atom. The van der Waals surface area contributed by atoms with Crippen LogP contribution in [0, 0.1) is 11.8 Å². The van der Waals surface area contributed by atoms with E-state index in [1.165, 1.54) is 13.5 Å². The first kappa shape index (κ1) is 17.8. The molecule has 128 valence electrons. The fourth-order valence-corrected chi connectivity index (χ4v) is 3.29. The summed E-state index contributed by atoms with van der Waals surface area (Å²) in [4.78, 5) is 13.7. The number of rotatable bonds is 6. The number of nitrogens with zero attached hydrogens (tertiary/aromatic N) is 1. The Hall–Kier alpha value is -1.59. The van der Waals surface area contributed by atoms with Crippen molar-refractivity contribution in [3.05, 3.63) is 29.8 Å². The molecule has 1 aliphatic heterocycles. The summed E-state index contributed by atoms with van der Waals surface area (Å²) in [5.41, 5.74) is 0.483. The third-order valence-corrected chi connectivity index (χ3v) is 4.13. The molecule has 1 aromatic rings. The maximum Gasteiger partial charge on any atom is 0.337 e. The minimum atomic E-state index is -0.521. The smallest absolute Gasteiger partial charge is 0.337 e. The van der Waals surface area contributed by atoms with Gasteiger partial charge in [0.2, 0.25) is 0 Å². The van der Waals surface area contributed by atoms with Gasteiger partial charge in [0.05, 0.1) is 12.7 Å². The lowest BCUT2D eigenvalue weighted by Crippen LogP contribution is -2.43. The zero-order valence-electron chi connectivity index (χ0n) is 14.2. The summed E-state index contributed by atoms with van der Waals surface area (Å²) in [6.07, 6.45) is 0.739. The van der Waals surface area contributed by atoms with Gasteiger partial charge in [-0.05, 0) is 42.5 Å². The van der Waals surface area contributed by atoms with Crippen LogP contribution in [0.3, 0.4) is 0 Å². The fraction of sp³-hybridized carbons (Fsp3) is 0.611. The Bertz CT molecular complexity index is 492. The quantitative estimate of drug-likeness (QED) is 0.814. The van der Waals surface area contributed by atoms with Gasteiger partial charge in [0.15, 0.2) is 0 Å². The van der Waals surface area contributed by atoms with E-state index in [4.69, 9.17) is 4.74 Å². The second-order valence-corrected chi connectivity index (χ2v) is 6.65. The molecule has 0 aromatic heterocycles. The topological polar surface area (TPSA) is 59.0 Å². The van der Waals surface area contributed by atoms with Crippen molar-refractivity contribution < 1.29 is 19.4 Å². The molecule has 1 aliphatic rings. The number of benzene rings is 1. The Balaban J connectivity index is 1.77. The summed E-state index contributed by atoms with van der Waals surface area (Å²) in [6, 6.07) is 6.73. The predicted molar refractivity (Wildman–Crippen MR) is 88.7 cm³/mol. The van der Waals surface area contributed by atoms with E-state index in [0.717, 1.165) is 13.1 Å². The molecule has 1 saturated heterocycles. The van der Waals surface area contributed by atoms with Gasteiger partial charge in [-0.1, -0.05) is 13.8 Å². The highest BCUT2D eigenvalue weighted by Gasteiger charge is 2.23. The molecule has 23 heavy (non-hydrogen) atoms. The lowest BCUT2D eigenvalue weighted by atomic mass is 9.92. The van der Waals surface area contributed by atoms with Crippen LogP contribution in [0.2, 0.25) is 0 Å². The molecule has 0 aliphatic carbocycles. The van der Waals surface area contributed by atoms with Gasteiger partial charge in [-0.25, -0.2) is 4.79 Å². The van der Waals surface area contributed by atoms with E-state index in [0.29, 0.717) is 29.7 Å². The lowest BCUT2D eigenvalue weighted by Gasteiger charge is -2.35. The number of methoxy groups -OCH3 is 1. The summed E-state index contributed by atoms with van der Waals surface area (Å²) in [5, 5.41) is 10.2. The summed E-state index contributed by atoms with van der Waals surface area (Å²) in [6.45, 7) is 7.47. The van der Waals surface area contributed by atoms with Crippen LogP contribution in [0.5, 0.6) is 5.75 Å². The molecule has 1 aromatic carbocycles. The van der Waals surface area contributed by atoms with Crippen molar-refractivity contribution in [2.45, 2.75) is 26.4 Å². The zero-order chi connectivity index (χ0) is 16.8. The number of hydrogen-bond donors (Lipinski definition) is 1. The van der Waals surface area contributed by atoms with E-state index in [2.05, 4.69) is 23.5 Å². The molecule has 1 heterocycles. The molecular formula is C18H27NO4. The molecule has 0 unspecified atom stereocenters. The van der Waals surface area contributed by atoms with E-state index in [-0.39, 0.29) is 12.6 Å². The summed E-state index contributed by atoms with van der Waals surface area (Å²) in [7, 11) is 1.35. The number of carbonyl (C=O) groups is 1. The number of carbonyl (C=O) groups excluding carboxylic acids is 1. The van der Waals surface area contributed by atoms with E-state index in [1.54, 1.807) is 24.3 Å². The Labute approximate surface area is 138 Å². The zero-order valence-corrected chi connectivity index (χ0v) is 14.2. The summed E-state index contributed by atoms with van der Waals surface area (Å²) in [5.74, 6) is 1.62. The molecule has 1 fully saturated rings. The molecule has 0 amide bonds. The van der Waals surface area contributed by atoms with Crippen LogP contribution < -0.4 is 4.74 Å². The van der Waals surface area contributed by atoms with Gasteiger partial charge in [-0.3, -0.25) is 0 Å². The van der Waals surface area contributed by atoms with Crippen molar-refractivity contribution >= 4 is 5.97 Å². The van der Waals surface area contributed by atoms with Crippen molar-refractivity contribution in [1.29, 1.82) is 0 Å². The largest absolute Gasteiger partial charge is 0.491 e. The number of esters is 1. The normalized spacial score (nSPS) is 23.3. The first-order valence-corrected chi connectivity index (χ1v) is 8.19. The van der Waals surface area contributed by atoms with Crippen LogP contribution >= 0.6 is 0 Å². The second kappa shape index (κ2) is 8.31. The predicted octanol–water partition coefficient (Wildman–Crippen LogP) is 2.19. The Morgan fingerprint density at radius 2 is 1.87 bits per heavy atom. The third kappa shape index (κ3) is 5.52. The van der Waals surface area contributed by atoms with Crippen molar-refractivity contribution in [3.63, 3.8) is 0 Å². The average Bonchev–Trinajstić information content (AvgIpc) is 2.51. The van der Waals surface area contributed by atoms with Crippen LogP contribution in [-0.4, -0.2) is 55.4 Å². The fourth-order valence-electron chi connectivity index (χ4n) is 3.29. The maximum absolute atomic E-state index is 11.4. The number of aliphatic hydroxyl groups is 1. The highest BCUT2D eigenvalue weighted by atomic mass is 16.5. The second-order valence-electron chi connectivity index (χ2n) is 6.65.